The standard InChI is InChI=1S/C30H25ClN2O3/c31-26-15-14-22(16-25(26)21-12-10-20(11-13-21)19-6-2-1-3-7-19)29(34)33-28(30(35)36)17-23-18-32-27-9-5-4-8-24(23)27/h1-8,10-16,18,27-28,32H,9,17H2,(H,33,34)(H,35,36)/t27?,28-/m0/s1. The minimum absolute atomic E-state index is 0.169. The van der Waals surface area contributed by atoms with Gasteiger partial charge in [0.15, 0.2) is 0 Å². The third-order valence-corrected chi connectivity index (χ3v) is 6.88. The van der Waals surface area contributed by atoms with Crippen molar-refractivity contribution in [3.63, 3.8) is 0 Å². The van der Waals surface area contributed by atoms with Crippen molar-refractivity contribution in [3.8, 4) is 22.3 Å². The van der Waals surface area contributed by atoms with E-state index in [1.807, 2.05) is 72.9 Å². The summed E-state index contributed by atoms with van der Waals surface area (Å²) in [5, 5.41) is 16.3. The van der Waals surface area contributed by atoms with Gasteiger partial charge in [0.25, 0.3) is 5.91 Å². The summed E-state index contributed by atoms with van der Waals surface area (Å²) in [6, 6.07) is 22.1. The van der Waals surface area contributed by atoms with Gasteiger partial charge in [0, 0.05) is 28.8 Å². The van der Waals surface area contributed by atoms with E-state index in [4.69, 9.17) is 11.6 Å². The highest BCUT2D eigenvalue weighted by molar-refractivity contribution is 6.33. The number of allylic oxidation sites excluding steroid dienone is 2. The van der Waals surface area contributed by atoms with Crippen molar-refractivity contribution < 1.29 is 14.7 Å². The fraction of sp³-hybridized carbons (Fsp3) is 0.133. The van der Waals surface area contributed by atoms with Crippen molar-refractivity contribution in [2.75, 3.05) is 0 Å². The number of fused-ring (bicyclic) bond motifs is 1. The van der Waals surface area contributed by atoms with Gasteiger partial charge in [0.05, 0.1) is 6.04 Å². The van der Waals surface area contributed by atoms with E-state index in [0.717, 1.165) is 34.3 Å². The number of carbonyl (C=O) groups excluding carboxylic acids is 1. The maximum Gasteiger partial charge on any atom is 0.326 e. The summed E-state index contributed by atoms with van der Waals surface area (Å²) in [6.07, 6.45) is 8.95. The van der Waals surface area contributed by atoms with Crippen LogP contribution in [0, 0.1) is 0 Å². The summed E-state index contributed by atoms with van der Waals surface area (Å²) in [6.45, 7) is 0. The van der Waals surface area contributed by atoms with Crippen LogP contribution in [0.15, 0.2) is 108 Å². The molecule has 3 aromatic carbocycles. The number of rotatable bonds is 7. The zero-order chi connectivity index (χ0) is 25.1. The van der Waals surface area contributed by atoms with E-state index in [1.165, 1.54) is 0 Å². The van der Waals surface area contributed by atoms with Crippen LogP contribution in [0.25, 0.3) is 22.3 Å². The van der Waals surface area contributed by atoms with E-state index < -0.39 is 17.9 Å². The third-order valence-electron chi connectivity index (χ3n) is 6.55. The second kappa shape index (κ2) is 10.3. The number of aliphatic carboxylic acids is 1. The van der Waals surface area contributed by atoms with Crippen molar-refractivity contribution in [1.29, 1.82) is 0 Å². The molecule has 2 aliphatic rings. The molecule has 5 nitrogen and oxygen atoms in total. The molecule has 0 aromatic heterocycles. The van der Waals surface area contributed by atoms with E-state index in [2.05, 4.69) is 16.7 Å². The van der Waals surface area contributed by atoms with Crippen LogP contribution >= 0.6 is 11.6 Å². The van der Waals surface area contributed by atoms with Gasteiger partial charge in [-0.2, -0.15) is 0 Å². The van der Waals surface area contributed by atoms with Crippen LogP contribution in [0.3, 0.4) is 0 Å². The predicted octanol–water partition coefficient (Wildman–Crippen LogP) is 5.99. The van der Waals surface area contributed by atoms with Crippen molar-refractivity contribution >= 4 is 23.5 Å². The summed E-state index contributed by atoms with van der Waals surface area (Å²) in [4.78, 5) is 25.1. The van der Waals surface area contributed by atoms with Gasteiger partial charge in [0.1, 0.15) is 6.04 Å². The van der Waals surface area contributed by atoms with Crippen LogP contribution in [0.5, 0.6) is 0 Å². The van der Waals surface area contributed by atoms with Gasteiger partial charge in [-0.15, -0.1) is 0 Å². The molecule has 2 atom stereocenters. The fourth-order valence-corrected chi connectivity index (χ4v) is 4.83. The molecule has 180 valence electrons. The lowest BCUT2D eigenvalue weighted by molar-refractivity contribution is -0.139. The Morgan fingerprint density at radius 1 is 1.00 bits per heavy atom. The fourth-order valence-electron chi connectivity index (χ4n) is 4.60. The van der Waals surface area contributed by atoms with Gasteiger partial charge < -0.3 is 15.7 Å². The van der Waals surface area contributed by atoms with Gasteiger partial charge >= 0.3 is 5.97 Å². The minimum Gasteiger partial charge on any atom is -0.480 e. The number of halogens is 1. The topological polar surface area (TPSA) is 78.4 Å². The van der Waals surface area contributed by atoms with Gasteiger partial charge in [-0.25, -0.2) is 4.79 Å². The smallest absolute Gasteiger partial charge is 0.326 e. The summed E-state index contributed by atoms with van der Waals surface area (Å²) in [5.41, 5.74) is 6.09. The molecule has 0 fully saturated rings. The van der Waals surface area contributed by atoms with E-state index in [1.54, 1.807) is 18.2 Å². The summed E-state index contributed by atoms with van der Waals surface area (Å²) >= 11 is 6.47. The molecule has 5 rings (SSSR count). The largest absolute Gasteiger partial charge is 0.480 e. The number of carboxylic acid groups (broad SMARTS) is 1. The molecule has 1 aliphatic heterocycles. The summed E-state index contributed by atoms with van der Waals surface area (Å²) in [7, 11) is 0. The molecular weight excluding hydrogens is 472 g/mol. The highest BCUT2D eigenvalue weighted by atomic mass is 35.5. The Morgan fingerprint density at radius 2 is 1.72 bits per heavy atom. The quantitative estimate of drug-likeness (QED) is 0.375. The number of hydrogen-bond donors (Lipinski definition) is 3. The van der Waals surface area contributed by atoms with Gasteiger partial charge in [0.2, 0.25) is 0 Å². The maximum absolute atomic E-state index is 13.1. The first kappa shape index (κ1) is 23.6. The van der Waals surface area contributed by atoms with Crippen molar-refractivity contribution in [2.45, 2.75) is 24.9 Å². The van der Waals surface area contributed by atoms with Crippen LogP contribution in [0.1, 0.15) is 23.2 Å². The lowest BCUT2D eigenvalue weighted by Gasteiger charge is -2.19. The number of amides is 1. The van der Waals surface area contributed by atoms with Crippen molar-refractivity contribution in [3.05, 3.63) is 119 Å². The predicted molar refractivity (Wildman–Crippen MR) is 143 cm³/mol. The second-order valence-electron chi connectivity index (χ2n) is 8.88. The lowest BCUT2D eigenvalue weighted by Crippen LogP contribution is -2.41. The van der Waals surface area contributed by atoms with E-state index in [0.29, 0.717) is 16.1 Å². The molecule has 3 aromatic rings. The Kier molecular flexibility index (Phi) is 6.74. The number of carboxylic acids is 1. The lowest BCUT2D eigenvalue weighted by atomic mass is 9.92. The highest BCUT2D eigenvalue weighted by Gasteiger charge is 2.29. The minimum atomic E-state index is -1.08. The molecule has 1 unspecified atom stereocenters. The molecule has 0 saturated heterocycles. The van der Waals surface area contributed by atoms with Crippen LogP contribution in [0.2, 0.25) is 5.02 Å². The van der Waals surface area contributed by atoms with Crippen LogP contribution < -0.4 is 10.6 Å². The Hall–Kier alpha value is -4.09. The zero-order valence-corrected chi connectivity index (χ0v) is 20.2. The first-order valence-corrected chi connectivity index (χ1v) is 12.2. The number of carbonyl (C=O) groups is 2. The molecule has 1 amide bonds. The molecule has 0 bridgehead atoms. The Balaban J connectivity index is 1.33. The van der Waals surface area contributed by atoms with E-state index in [-0.39, 0.29) is 12.5 Å². The normalized spacial score (nSPS) is 16.9. The molecular formula is C30H25ClN2O3. The van der Waals surface area contributed by atoms with Gasteiger partial charge in [-0.05, 0) is 52.5 Å². The molecule has 0 saturated carbocycles. The number of nitrogens with one attached hydrogen (secondary N) is 2. The van der Waals surface area contributed by atoms with Gasteiger partial charge in [-0.1, -0.05) is 84.4 Å². The van der Waals surface area contributed by atoms with Crippen LogP contribution in [0.4, 0.5) is 0 Å². The molecule has 36 heavy (non-hydrogen) atoms. The average molecular weight is 497 g/mol. The highest BCUT2D eigenvalue weighted by Crippen LogP contribution is 2.32. The Labute approximate surface area is 214 Å². The number of benzene rings is 3. The molecule has 6 heteroatoms. The molecule has 1 aliphatic carbocycles. The zero-order valence-electron chi connectivity index (χ0n) is 19.4. The van der Waals surface area contributed by atoms with Crippen molar-refractivity contribution in [2.24, 2.45) is 0 Å². The monoisotopic (exact) mass is 496 g/mol. The molecule has 0 radical (unpaired) electrons. The van der Waals surface area contributed by atoms with Crippen molar-refractivity contribution in [1.82, 2.24) is 10.6 Å². The van der Waals surface area contributed by atoms with Gasteiger partial charge in [-0.3, -0.25) is 4.79 Å². The van der Waals surface area contributed by atoms with E-state index in [9.17, 15) is 14.7 Å². The maximum atomic E-state index is 13.1. The van der Waals surface area contributed by atoms with E-state index >= 15 is 0 Å². The molecule has 1 heterocycles. The van der Waals surface area contributed by atoms with Crippen LogP contribution in [-0.4, -0.2) is 29.1 Å². The van der Waals surface area contributed by atoms with Crippen LogP contribution in [-0.2, 0) is 4.79 Å². The second-order valence-corrected chi connectivity index (χ2v) is 9.29. The SMILES string of the molecule is O=C(N[C@@H](CC1=CNC2CC=CC=C12)C(=O)O)c1ccc(Cl)c(-c2ccc(-c3ccccc3)cc2)c1. The molecule has 3 N–H and O–H groups in total. The Bertz CT molecular complexity index is 1390. The summed E-state index contributed by atoms with van der Waals surface area (Å²) in [5.74, 6) is -1.54. The summed E-state index contributed by atoms with van der Waals surface area (Å²) < 4.78 is 0. The average Bonchev–Trinajstić information content (AvgIpc) is 3.32. The molecule has 0 spiro atoms. The number of hydrogen-bond acceptors (Lipinski definition) is 3. The first-order valence-electron chi connectivity index (χ1n) is 11.8. The Morgan fingerprint density at radius 3 is 2.47 bits per heavy atom. The first-order chi connectivity index (χ1) is 17.5. The third kappa shape index (κ3) is 4.97.